The molecule has 0 spiro atoms. The lowest BCUT2D eigenvalue weighted by molar-refractivity contribution is -0.141. The maximum absolute atomic E-state index is 13.4. The van der Waals surface area contributed by atoms with Crippen LogP contribution in [-0.2, 0) is 36.6 Å². The average molecular weight is 641 g/mol. The first-order valence-electron chi connectivity index (χ1n) is 16.2. The van der Waals surface area contributed by atoms with Crippen LogP contribution < -0.4 is 0 Å². The lowest BCUT2D eigenvalue weighted by Gasteiger charge is -2.17. The van der Waals surface area contributed by atoms with Gasteiger partial charge in [0.25, 0.3) is 0 Å². The maximum Gasteiger partial charge on any atom is 0.340 e. The van der Waals surface area contributed by atoms with Crippen LogP contribution >= 0.6 is 0 Å². The number of aromatic amines is 2. The fourth-order valence-corrected chi connectivity index (χ4v) is 7.01. The summed E-state index contributed by atoms with van der Waals surface area (Å²) >= 11 is 0. The first-order valence-corrected chi connectivity index (χ1v) is 16.2. The van der Waals surface area contributed by atoms with E-state index in [1.165, 1.54) is 26.9 Å². The van der Waals surface area contributed by atoms with Crippen molar-refractivity contribution < 1.29 is 28.6 Å². The largest absolute Gasteiger partial charge is 0.469 e. The molecule has 3 aromatic heterocycles. The molecule has 10 nitrogen and oxygen atoms in total. The van der Waals surface area contributed by atoms with Crippen molar-refractivity contribution in [3.05, 3.63) is 68.8 Å². The van der Waals surface area contributed by atoms with Crippen molar-refractivity contribution in [2.24, 2.45) is 0 Å². The molecule has 0 saturated heterocycles. The predicted octanol–water partition coefficient (Wildman–Crippen LogP) is 7.18. The molecule has 0 fully saturated rings. The van der Waals surface area contributed by atoms with Crippen molar-refractivity contribution in [1.29, 1.82) is 0 Å². The molecule has 0 aliphatic carbocycles. The number of ether oxygens (including phenoxy) is 3. The Morgan fingerprint density at radius 2 is 1.47 bits per heavy atom. The Balaban J connectivity index is 2.02. The number of hydrogen-bond acceptors (Lipinski definition) is 8. The number of nitrogens with zero attached hydrogens (tertiary/aromatic N) is 2. The van der Waals surface area contributed by atoms with Gasteiger partial charge in [0.1, 0.15) is 0 Å². The van der Waals surface area contributed by atoms with Gasteiger partial charge in [0.2, 0.25) is 0 Å². The first-order chi connectivity index (χ1) is 22.5. The summed E-state index contributed by atoms with van der Waals surface area (Å²) in [4.78, 5) is 56.2. The third-order valence-corrected chi connectivity index (χ3v) is 9.80. The number of fused-ring (bicyclic) bond motifs is 8. The van der Waals surface area contributed by atoms with Crippen LogP contribution in [0.5, 0.6) is 0 Å². The van der Waals surface area contributed by atoms with Crippen LogP contribution in [0.2, 0.25) is 0 Å². The van der Waals surface area contributed by atoms with E-state index in [-0.39, 0.29) is 30.6 Å². The number of carbonyl (C=O) groups excluding carboxylic acids is 3. The second-order valence-corrected chi connectivity index (χ2v) is 12.3. The highest BCUT2D eigenvalue weighted by Gasteiger charge is 2.34. The number of rotatable bonds is 8. The lowest BCUT2D eigenvalue weighted by atomic mass is 9.85. The quantitative estimate of drug-likeness (QED) is 0.195. The van der Waals surface area contributed by atoms with Gasteiger partial charge in [-0.3, -0.25) is 14.6 Å². The molecule has 0 radical (unpaired) electrons. The summed E-state index contributed by atoms with van der Waals surface area (Å²) in [5, 5.41) is 0. The second kappa shape index (κ2) is 13.6. The van der Waals surface area contributed by atoms with Gasteiger partial charge in [-0.05, 0) is 86.1 Å². The number of aryl methyl sites for hydroxylation is 3. The fraction of sp³-hybridized carbons (Fsp3) is 0.432. The molecule has 47 heavy (non-hydrogen) atoms. The minimum atomic E-state index is -0.542. The van der Waals surface area contributed by atoms with E-state index in [2.05, 4.69) is 56.7 Å². The zero-order chi connectivity index (χ0) is 34.2. The van der Waals surface area contributed by atoms with Gasteiger partial charge in [-0.1, -0.05) is 20.8 Å². The number of carbonyl (C=O) groups is 3. The van der Waals surface area contributed by atoms with Crippen LogP contribution in [-0.4, -0.2) is 59.2 Å². The lowest BCUT2D eigenvalue weighted by Crippen LogP contribution is -2.13. The van der Waals surface area contributed by atoms with Gasteiger partial charge >= 0.3 is 17.9 Å². The molecular weight excluding hydrogens is 596 g/mol. The van der Waals surface area contributed by atoms with Crippen molar-refractivity contribution in [2.45, 2.75) is 85.5 Å². The Labute approximate surface area is 275 Å². The normalized spacial score (nSPS) is 15.9. The molecule has 248 valence electrons. The Kier molecular flexibility index (Phi) is 9.70. The van der Waals surface area contributed by atoms with E-state index < -0.39 is 11.9 Å². The number of aromatic nitrogens is 4. The average Bonchev–Trinajstić information content (AvgIpc) is 3.74. The molecule has 5 heterocycles. The van der Waals surface area contributed by atoms with E-state index in [9.17, 15) is 14.4 Å². The van der Waals surface area contributed by atoms with Gasteiger partial charge < -0.3 is 24.2 Å². The number of H-pyrrole nitrogens is 2. The molecule has 2 N–H and O–H groups in total. The summed E-state index contributed by atoms with van der Waals surface area (Å²) < 4.78 is 15.4. The monoisotopic (exact) mass is 640 g/mol. The Morgan fingerprint density at radius 3 is 2.11 bits per heavy atom. The topological polar surface area (TPSA) is 136 Å². The highest BCUT2D eigenvalue weighted by atomic mass is 16.5. The second-order valence-electron chi connectivity index (χ2n) is 12.3. The highest BCUT2D eigenvalue weighted by Crippen LogP contribution is 2.43. The van der Waals surface area contributed by atoms with Crippen LogP contribution in [0.15, 0.2) is 18.2 Å². The van der Waals surface area contributed by atoms with E-state index in [4.69, 9.17) is 24.2 Å². The maximum atomic E-state index is 13.4. The molecule has 0 saturated carbocycles. The van der Waals surface area contributed by atoms with Crippen molar-refractivity contribution >= 4 is 51.1 Å². The van der Waals surface area contributed by atoms with E-state index in [0.29, 0.717) is 39.8 Å². The molecule has 0 amide bonds. The van der Waals surface area contributed by atoms with Crippen molar-refractivity contribution in [1.82, 2.24) is 19.9 Å². The van der Waals surface area contributed by atoms with E-state index in [0.717, 1.165) is 57.7 Å². The Bertz CT molecular complexity index is 1960. The zero-order valence-electron chi connectivity index (χ0n) is 28.8. The fourth-order valence-electron chi connectivity index (χ4n) is 7.01. The van der Waals surface area contributed by atoms with Gasteiger partial charge in [-0.15, -0.1) is 0 Å². The summed E-state index contributed by atoms with van der Waals surface area (Å²) in [5.74, 6) is -1.73. The van der Waals surface area contributed by atoms with Crippen LogP contribution in [0.4, 0.5) is 0 Å². The summed E-state index contributed by atoms with van der Waals surface area (Å²) in [5.41, 5.74) is 12.2. The molecule has 2 aliphatic heterocycles. The first kappa shape index (κ1) is 33.6. The van der Waals surface area contributed by atoms with Crippen LogP contribution in [0.25, 0.3) is 33.2 Å². The summed E-state index contributed by atoms with van der Waals surface area (Å²) in [6.45, 7) is 12.4. The van der Waals surface area contributed by atoms with Gasteiger partial charge in [0.05, 0.1) is 55.9 Å². The van der Waals surface area contributed by atoms with Crippen molar-refractivity contribution in [3.63, 3.8) is 0 Å². The number of esters is 3. The number of methoxy groups -OCH3 is 3. The Hall–Kier alpha value is -4.73. The molecule has 8 bridgehead atoms. The van der Waals surface area contributed by atoms with Crippen LogP contribution in [0.1, 0.15) is 114 Å². The molecule has 3 aromatic rings. The van der Waals surface area contributed by atoms with E-state index >= 15 is 0 Å². The molecule has 0 aromatic carbocycles. The number of nitrogens with one attached hydrogen (secondary N) is 2. The summed E-state index contributed by atoms with van der Waals surface area (Å²) in [6.07, 6.45) is 2.06. The molecule has 2 atom stereocenters. The van der Waals surface area contributed by atoms with E-state index in [1.807, 2.05) is 13.0 Å². The summed E-state index contributed by atoms with van der Waals surface area (Å²) in [7, 11) is 4.04. The Morgan fingerprint density at radius 1 is 0.787 bits per heavy atom. The zero-order valence-corrected chi connectivity index (χ0v) is 28.8. The predicted molar refractivity (Wildman–Crippen MR) is 182 cm³/mol. The molecule has 0 unspecified atom stereocenters. The smallest absolute Gasteiger partial charge is 0.340 e. The van der Waals surface area contributed by atoms with Crippen molar-refractivity contribution in [2.75, 3.05) is 21.3 Å². The van der Waals surface area contributed by atoms with Gasteiger partial charge in [0.15, 0.2) is 0 Å². The summed E-state index contributed by atoms with van der Waals surface area (Å²) in [6, 6.07) is 6.14. The number of hydrogen-bond donors (Lipinski definition) is 2. The third-order valence-electron chi connectivity index (χ3n) is 9.80. The molecule has 2 aliphatic rings. The van der Waals surface area contributed by atoms with Crippen LogP contribution in [0.3, 0.4) is 0 Å². The SMILES string of the molecule is CCC1=C(C)c2cc3[nH]c(cc4nc(c(CC(=O)OC)c5[nH]c(cc1n2)c(C)c5C(=O)OC)[C@H](CCC(=O)OC)[C@H]4C)c(C)c3CC. The highest BCUT2D eigenvalue weighted by molar-refractivity contribution is 6.03. The molecule has 10 heteroatoms. The minimum Gasteiger partial charge on any atom is -0.469 e. The number of allylic oxidation sites excluding steroid dienone is 2. The van der Waals surface area contributed by atoms with Crippen LogP contribution in [0, 0.1) is 13.8 Å². The third kappa shape index (κ3) is 6.08. The standard InChI is InChI=1S/C37H44N4O6/c1-10-22-18(3)26-15-28-20(5)24(12-13-32(42)45-7)35(40-28)25(14-33(43)46-8)36-34(37(44)47-9)21(6)29(41-36)17-31-23(11-2)19(4)27(39-31)16-30(22)38-26/h15-17,20,24,38,41H,10-14H2,1-9H3/t20-,24-/m1/s1. The molecule has 5 rings (SSSR count). The molecular formula is C37H44N4O6. The van der Waals surface area contributed by atoms with Gasteiger partial charge in [-0.25, -0.2) is 9.78 Å². The van der Waals surface area contributed by atoms with E-state index in [1.54, 1.807) is 0 Å². The van der Waals surface area contributed by atoms with Gasteiger partial charge in [-0.2, -0.15) is 0 Å². The minimum absolute atomic E-state index is 0.116. The van der Waals surface area contributed by atoms with Gasteiger partial charge in [0, 0.05) is 46.1 Å². The van der Waals surface area contributed by atoms with Crippen molar-refractivity contribution in [3.8, 4) is 0 Å².